The largest absolute Gasteiger partial charge is 0.431 e. The van der Waals surface area contributed by atoms with Crippen LogP contribution < -0.4 is 11.2 Å². The Labute approximate surface area is 240 Å². The van der Waals surface area contributed by atoms with E-state index in [1.165, 1.54) is 18.2 Å². The summed E-state index contributed by atoms with van der Waals surface area (Å²) >= 11 is 0. The van der Waals surface area contributed by atoms with Crippen LogP contribution in [0.25, 0.3) is 11.3 Å². The van der Waals surface area contributed by atoms with Crippen molar-refractivity contribution in [2.45, 2.75) is 43.0 Å². The van der Waals surface area contributed by atoms with Crippen LogP contribution in [0.2, 0.25) is 0 Å². The molecule has 0 aliphatic heterocycles. The van der Waals surface area contributed by atoms with Crippen LogP contribution in [-0.4, -0.2) is 51.3 Å². The van der Waals surface area contributed by atoms with Gasteiger partial charge in [-0.15, -0.1) is 0 Å². The summed E-state index contributed by atoms with van der Waals surface area (Å²) in [6.45, 7) is 0.548. The number of halogens is 8. The van der Waals surface area contributed by atoms with Gasteiger partial charge in [-0.2, -0.15) is 26.3 Å². The number of aliphatic hydroxyl groups is 3. The summed E-state index contributed by atoms with van der Waals surface area (Å²) in [6, 6.07) is 9.98. The number of aromatic nitrogens is 1. The van der Waals surface area contributed by atoms with Crippen LogP contribution >= 0.6 is 0 Å². The van der Waals surface area contributed by atoms with E-state index in [1.54, 1.807) is 0 Å². The highest BCUT2D eigenvalue weighted by Gasteiger charge is 2.61. The van der Waals surface area contributed by atoms with E-state index in [0.29, 0.717) is 17.3 Å². The van der Waals surface area contributed by atoms with E-state index in [-0.39, 0.29) is 5.56 Å². The molecule has 7 nitrogen and oxygen atoms in total. The third kappa shape index (κ3) is 6.65. The molecular weight excluding hydrogens is 592 g/mol. The topological polar surface area (TPSA) is 116 Å². The molecule has 43 heavy (non-hydrogen) atoms. The average Bonchev–Trinajstić information content (AvgIpc) is 2.91. The maximum Gasteiger partial charge on any atom is 0.431 e. The SMILES string of the molecule is CNN(/C=C(\[NH3+])C(O)(c1ccccc1)C(F)(F)F)C[C@](O)(c1cc(C(C)(C)O)c(F)c(-c2ccc(F)cc2)n1)C(F)(F)F. The first-order chi connectivity index (χ1) is 19.7. The standard InChI is InChI=1S/C28H28F8N4O3/c1-24(2,41)19-13-21(39-23(22(19)30)16-9-11-18(29)12-10-16)25(42,27(31,32)33)15-40(38-3)14-20(37)26(43,28(34,35)36)17-7-5-4-6-8-17/h4-14,38,41-43H,15,37H2,1-3H3/p+1/b20-14-/t25-,26?/m0/s1. The van der Waals surface area contributed by atoms with Crippen molar-refractivity contribution in [3.63, 3.8) is 0 Å². The minimum Gasteiger partial charge on any atom is -0.386 e. The van der Waals surface area contributed by atoms with Crippen molar-refractivity contribution in [2.75, 3.05) is 13.6 Å². The molecule has 0 saturated heterocycles. The molecule has 0 spiro atoms. The van der Waals surface area contributed by atoms with Crippen LogP contribution in [0.1, 0.15) is 30.7 Å². The van der Waals surface area contributed by atoms with Crippen molar-refractivity contribution in [2.24, 2.45) is 0 Å². The normalized spacial score (nSPS) is 16.0. The van der Waals surface area contributed by atoms with Crippen LogP contribution in [-0.2, 0) is 16.8 Å². The lowest BCUT2D eigenvalue weighted by molar-refractivity contribution is -0.377. The molecule has 15 heteroatoms. The van der Waals surface area contributed by atoms with Crippen molar-refractivity contribution < 1.29 is 56.2 Å². The Morgan fingerprint density at radius 3 is 1.93 bits per heavy atom. The first-order valence-electron chi connectivity index (χ1n) is 12.5. The first kappa shape index (κ1) is 33.9. The van der Waals surface area contributed by atoms with E-state index in [1.807, 2.05) is 0 Å². The Bertz CT molecular complexity index is 1460. The van der Waals surface area contributed by atoms with Gasteiger partial charge in [0.1, 0.15) is 11.5 Å². The monoisotopic (exact) mass is 621 g/mol. The summed E-state index contributed by atoms with van der Waals surface area (Å²) in [5.74, 6) is -2.00. The van der Waals surface area contributed by atoms with Gasteiger partial charge in [0.25, 0.3) is 5.60 Å². The van der Waals surface area contributed by atoms with Crippen LogP contribution in [0.3, 0.4) is 0 Å². The van der Waals surface area contributed by atoms with Gasteiger partial charge in [0.05, 0.1) is 24.0 Å². The third-order valence-corrected chi connectivity index (χ3v) is 6.69. The van der Waals surface area contributed by atoms with Crippen molar-refractivity contribution >= 4 is 0 Å². The van der Waals surface area contributed by atoms with Crippen molar-refractivity contribution in [3.8, 4) is 11.3 Å². The second-order valence-electron chi connectivity index (χ2n) is 10.2. The summed E-state index contributed by atoms with van der Waals surface area (Å²) in [5.41, 5.74) is -9.10. The number of nitrogens with zero attached hydrogens (tertiary/aromatic N) is 2. The van der Waals surface area contributed by atoms with Gasteiger partial charge in [0.2, 0.25) is 5.60 Å². The highest BCUT2D eigenvalue weighted by atomic mass is 19.4. The molecule has 1 heterocycles. The first-order valence-corrected chi connectivity index (χ1v) is 12.5. The average molecular weight is 622 g/mol. The second kappa shape index (κ2) is 11.8. The highest BCUT2D eigenvalue weighted by molar-refractivity contribution is 5.62. The molecular formula is C28H29F8N4O3+. The van der Waals surface area contributed by atoms with Crippen LogP contribution in [0, 0.1) is 11.6 Å². The van der Waals surface area contributed by atoms with Gasteiger partial charge >= 0.3 is 12.4 Å². The summed E-state index contributed by atoms with van der Waals surface area (Å²) < 4.78 is 115. The molecule has 0 amide bonds. The fraction of sp³-hybridized carbons (Fsp3) is 0.321. The van der Waals surface area contributed by atoms with Gasteiger partial charge in [0.15, 0.2) is 11.5 Å². The van der Waals surface area contributed by atoms with Gasteiger partial charge < -0.3 is 26.1 Å². The molecule has 0 fully saturated rings. The third-order valence-electron chi connectivity index (χ3n) is 6.69. The Balaban J connectivity index is 2.23. The van der Waals surface area contributed by atoms with Crippen molar-refractivity contribution in [1.29, 1.82) is 0 Å². The lowest BCUT2D eigenvalue weighted by Gasteiger charge is -2.36. The predicted molar refractivity (Wildman–Crippen MR) is 138 cm³/mol. The Morgan fingerprint density at radius 1 is 0.907 bits per heavy atom. The number of rotatable bonds is 9. The molecule has 3 rings (SSSR count). The molecule has 0 saturated carbocycles. The summed E-state index contributed by atoms with van der Waals surface area (Å²) in [4.78, 5) is 3.69. The molecule has 2 aromatic carbocycles. The lowest BCUT2D eigenvalue weighted by atomic mass is 9.89. The van der Waals surface area contributed by atoms with Crippen LogP contribution in [0.15, 0.2) is 72.6 Å². The smallest absolute Gasteiger partial charge is 0.386 e. The molecule has 1 unspecified atom stereocenters. The molecule has 7 N–H and O–H groups in total. The number of alkyl halides is 6. The summed E-state index contributed by atoms with van der Waals surface area (Å²) in [7, 11) is 1.03. The molecule has 3 aromatic rings. The Morgan fingerprint density at radius 2 is 1.47 bits per heavy atom. The van der Waals surface area contributed by atoms with E-state index in [0.717, 1.165) is 57.3 Å². The number of benzene rings is 2. The van der Waals surface area contributed by atoms with Crippen LogP contribution in [0.4, 0.5) is 35.1 Å². The zero-order chi connectivity index (χ0) is 32.6. The number of hydrazine groups is 1. The molecule has 0 aliphatic rings. The maximum absolute atomic E-state index is 15.5. The van der Waals surface area contributed by atoms with Crippen molar-refractivity contribution in [3.05, 3.63) is 101 Å². The van der Waals surface area contributed by atoms with E-state index >= 15 is 4.39 Å². The zero-order valence-electron chi connectivity index (χ0n) is 23.0. The lowest BCUT2D eigenvalue weighted by Crippen LogP contribution is -2.63. The zero-order valence-corrected chi connectivity index (χ0v) is 23.0. The Hall–Kier alpha value is -3.63. The van der Waals surface area contributed by atoms with Gasteiger partial charge in [0, 0.05) is 23.7 Å². The minimum atomic E-state index is -5.58. The Kier molecular flexibility index (Phi) is 9.30. The number of nitrogens with one attached hydrogen (secondary N) is 1. The van der Waals surface area contributed by atoms with E-state index in [2.05, 4.69) is 16.1 Å². The van der Waals surface area contributed by atoms with Crippen molar-refractivity contribution in [1.82, 2.24) is 15.4 Å². The quantitative estimate of drug-likeness (QED) is 0.183. The molecule has 0 bridgehead atoms. The van der Waals surface area contributed by atoms with E-state index in [9.17, 15) is 46.1 Å². The van der Waals surface area contributed by atoms with Gasteiger partial charge in [-0.05, 0) is 44.2 Å². The minimum absolute atomic E-state index is 0.195. The van der Waals surface area contributed by atoms with Gasteiger partial charge in [-0.3, -0.25) is 0 Å². The fourth-order valence-corrected chi connectivity index (χ4v) is 4.23. The molecule has 2 atom stereocenters. The molecule has 1 aromatic heterocycles. The molecule has 0 radical (unpaired) electrons. The van der Waals surface area contributed by atoms with Gasteiger partial charge in [-0.25, -0.2) is 19.2 Å². The number of hydrogen-bond donors (Lipinski definition) is 5. The number of quaternary nitrogens is 1. The maximum atomic E-state index is 15.5. The van der Waals surface area contributed by atoms with E-state index in [4.69, 9.17) is 0 Å². The summed E-state index contributed by atoms with van der Waals surface area (Å²) in [6.07, 6.45) is -10.5. The highest BCUT2D eigenvalue weighted by Crippen LogP contribution is 2.44. The second-order valence-corrected chi connectivity index (χ2v) is 10.2. The molecule has 234 valence electrons. The number of pyridine rings is 1. The predicted octanol–water partition coefficient (Wildman–Crippen LogP) is 3.97. The summed E-state index contributed by atoms with van der Waals surface area (Å²) in [5, 5.41) is 32.8. The van der Waals surface area contributed by atoms with Crippen LogP contribution in [0.5, 0.6) is 0 Å². The fourth-order valence-electron chi connectivity index (χ4n) is 4.23. The number of hydrogen-bond acceptors (Lipinski definition) is 6. The molecule has 0 aliphatic carbocycles. The van der Waals surface area contributed by atoms with Gasteiger partial charge in [-0.1, -0.05) is 30.3 Å². The van der Waals surface area contributed by atoms with E-state index < -0.39 is 75.5 Å².